The molecule has 0 aliphatic heterocycles. The SMILES string of the molecule is CCCc1cc(C(=O)N(CC)CC(C)CC)cc(NC)n1. The first-order valence-electron chi connectivity index (χ1n) is 8.03. The number of hydrogen-bond donors (Lipinski definition) is 1. The number of carbonyl (C=O) groups excluding carboxylic acids is 1. The standard InChI is InChI=1S/C17H29N3O/c1-6-9-15-10-14(11-16(18-5)19-15)17(21)20(8-3)12-13(4)7-2/h10-11,13H,6-9,12H2,1-5H3,(H,18,19). The highest BCUT2D eigenvalue weighted by atomic mass is 16.2. The maximum atomic E-state index is 12.7. The molecule has 1 amide bonds. The molecule has 0 aromatic carbocycles. The molecule has 0 aliphatic carbocycles. The van der Waals surface area contributed by atoms with Gasteiger partial charge in [-0.2, -0.15) is 0 Å². The fourth-order valence-electron chi connectivity index (χ4n) is 2.27. The van der Waals surface area contributed by atoms with Gasteiger partial charge in [0.2, 0.25) is 0 Å². The van der Waals surface area contributed by atoms with Crippen LogP contribution in [-0.2, 0) is 6.42 Å². The van der Waals surface area contributed by atoms with E-state index in [2.05, 4.69) is 31.1 Å². The Kier molecular flexibility index (Phi) is 7.20. The minimum absolute atomic E-state index is 0.106. The van der Waals surface area contributed by atoms with Crippen molar-refractivity contribution in [3.05, 3.63) is 23.4 Å². The predicted octanol–water partition coefficient (Wildman–Crippen LogP) is 3.58. The van der Waals surface area contributed by atoms with Crippen LogP contribution in [0.1, 0.15) is 56.6 Å². The van der Waals surface area contributed by atoms with Crippen LogP contribution in [0.4, 0.5) is 5.82 Å². The summed E-state index contributed by atoms with van der Waals surface area (Å²) < 4.78 is 0. The molecule has 4 nitrogen and oxygen atoms in total. The summed E-state index contributed by atoms with van der Waals surface area (Å²) in [5.41, 5.74) is 1.72. The van der Waals surface area contributed by atoms with Gasteiger partial charge in [-0.05, 0) is 31.4 Å². The van der Waals surface area contributed by atoms with Crippen LogP contribution < -0.4 is 5.32 Å². The summed E-state index contributed by atoms with van der Waals surface area (Å²) in [5.74, 6) is 1.40. The smallest absolute Gasteiger partial charge is 0.254 e. The number of hydrogen-bond acceptors (Lipinski definition) is 3. The van der Waals surface area contributed by atoms with Gasteiger partial charge in [0.1, 0.15) is 5.82 Å². The first kappa shape index (κ1) is 17.5. The third-order valence-electron chi connectivity index (χ3n) is 3.79. The van der Waals surface area contributed by atoms with Gasteiger partial charge in [0.25, 0.3) is 5.91 Å². The van der Waals surface area contributed by atoms with E-state index in [0.29, 0.717) is 5.92 Å². The van der Waals surface area contributed by atoms with Crippen molar-refractivity contribution in [2.24, 2.45) is 5.92 Å². The molecule has 1 unspecified atom stereocenters. The van der Waals surface area contributed by atoms with Crippen molar-refractivity contribution in [2.75, 3.05) is 25.5 Å². The normalized spacial score (nSPS) is 12.0. The number of aromatic nitrogens is 1. The van der Waals surface area contributed by atoms with Gasteiger partial charge in [-0.1, -0.05) is 33.6 Å². The molecule has 1 N–H and O–H groups in total. The maximum absolute atomic E-state index is 12.7. The molecular formula is C17H29N3O. The minimum atomic E-state index is 0.106. The van der Waals surface area contributed by atoms with Crippen molar-refractivity contribution < 1.29 is 4.79 Å². The number of aryl methyl sites for hydroxylation is 1. The summed E-state index contributed by atoms with van der Waals surface area (Å²) in [5, 5.41) is 3.05. The van der Waals surface area contributed by atoms with E-state index >= 15 is 0 Å². The van der Waals surface area contributed by atoms with E-state index < -0.39 is 0 Å². The highest BCUT2D eigenvalue weighted by molar-refractivity contribution is 5.95. The Labute approximate surface area is 129 Å². The molecule has 1 aromatic rings. The summed E-state index contributed by atoms with van der Waals surface area (Å²) in [6.45, 7) is 10.1. The molecule has 1 atom stereocenters. The van der Waals surface area contributed by atoms with Crippen LogP contribution in [0.25, 0.3) is 0 Å². The molecule has 0 aliphatic rings. The van der Waals surface area contributed by atoms with Gasteiger partial charge < -0.3 is 10.2 Å². The van der Waals surface area contributed by atoms with Gasteiger partial charge in [-0.25, -0.2) is 4.98 Å². The molecule has 0 spiro atoms. The molecule has 1 aromatic heterocycles. The zero-order chi connectivity index (χ0) is 15.8. The van der Waals surface area contributed by atoms with Gasteiger partial charge in [0, 0.05) is 31.4 Å². The number of nitrogens with one attached hydrogen (secondary N) is 1. The Morgan fingerprint density at radius 3 is 2.57 bits per heavy atom. The molecule has 0 saturated heterocycles. The summed E-state index contributed by atoms with van der Waals surface area (Å²) >= 11 is 0. The number of anilines is 1. The Bertz CT molecular complexity index is 459. The lowest BCUT2D eigenvalue weighted by Gasteiger charge is -2.24. The Morgan fingerprint density at radius 1 is 1.33 bits per heavy atom. The van der Waals surface area contributed by atoms with E-state index in [-0.39, 0.29) is 5.91 Å². The van der Waals surface area contributed by atoms with Crippen molar-refractivity contribution >= 4 is 11.7 Å². The van der Waals surface area contributed by atoms with Crippen molar-refractivity contribution in [3.8, 4) is 0 Å². The number of amides is 1. The van der Waals surface area contributed by atoms with Crippen molar-refractivity contribution in [1.29, 1.82) is 0 Å². The minimum Gasteiger partial charge on any atom is -0.373 e. The molecular weight excluding hydrogens is 262 g/mol. The van der Waals surface area contributed by atoms with Crippen LogP contribution in [0, 0.1) is 5.92 Å². The fourth-order valence-corrected chi connectivity index (χ4v) is 2.27. The highest BCUT2D eigenvalue weighted by Gasteiger charge is 2.17. The van der Waals surface area contributed by atoms with Crippen LogP contribution in [0.5, 0.6) is 0 Å². The first-order chi connectivity index (χ1) is 10.0. The third-order valence-corrected chi connectivity index (χ3v) is 3.79. The second kappa shape index (κ2) is 8.65. The molecule has 0 saturated carbocycles. The van der Waals surface area contributed by atoms with Crippen molar-refractivity contribution in [3.63, 3.8) is 0 Å². The van der Waals surface area contributed by atoms with Crippen LogP contribution >= 0.6 is 0 Å². The zero-order valence-corrected chi connectivity index (χ0v) is 14.1. The second-order valence-corrected chi connectivity index (χ2v) is 5.59. The molecule has 1 heterocycles. The largest absolute Gasteiger partial charge is 0.373 e. The molecule has 1 rings (SSSR count). The summed E-state index contributed by atoms with van der Waals surface area (Å²) in [6.07, 6.45) is 3.01. The van der Waals surface area contributed by atoms with Gasteiger partial charge in [0.05, 0.1) is 0 Å². The lowest BCUT2D eigenvalue weighted by atomic mass is 10.1. The third kappa shape index (κ3) is 5.03. The van der Waals surface area contributed by atoms with E-state index in [1.54, 1.807) is 0 Å². The average molecular weight is 291 g/mol. The Morgan fingerprint density at radius 2 is 2.05 bits per heavy atom. The lowest BCUT2D eigenvalue weighted by molar-refractivity contribution is 0.0740. The second-order valence-electron chi connectivity index (χ2n) is 5.59. The van der Waals surface area contributed by atoms with E-state index in [1.165, 1.54) is 0 Å². The number of carbonyl (C=O) groups is 1. The van der Waals surface area contributed by atoms with E-state index in [9.17, 15) is 4.79 Å². The number of nitrogens with zero attached hydrogens (tertiary/aromatic N) is 2. The summed E-state index contributed by atoms with van der Waals surface area (Å²) in [7, 11) is 1.84. The lowest BCUT2D eigenvalue weighted by Crippen LogP contribution is -2.34. The monoisotopic (exact) mass is 291 g/mol. The maximum Gasteiger partial charge on any atom is 0.254 e. The van der Waals surface area contributed by atoms with Gasteiger partial charge in [-0.15, -0.1) is 0 Å². The molecule has 0 radical (unpaired) electrons. The fraction of sp³-hybridized carbons (Fsp3) is 0.647. The van der Waals surface area contributed by atoms with Crippen molar-refractivity contribution in [1.82, 2.24) is 9.88 Å². The van der Waals surface area contributed by atoms with Crippen LogP contribution in [0.3, 0.4) is 0 Å². The van der Waals surface area contributed by atoms with Crippen LogP contribution in [0.2, 0.25) is 0 Å². The van der Waals surface area contributed by atoms with Gasteiger partial charge in [0.15, 0.2) is 0 Å². The molecule has 118 valence electrons. The molecule has 21 heavy (non-hydrogen) atoms. The van der Waals surface area contributed by atoms with Gasteiger partial charge in [-0.3, -0.25) is 4.79 Å². The molecule has 4 heteroatoms. The average Bonchev–Trinajstić information content (AvgIpc) is 2.51. The number of pyridine rings is 1. The van der Waals surface area contributed by atoms with E-state index in [0.717, 1.165) is 49.4 Å². The summed E-state index contributed by atoms with van der Waals surface area (Å²) in [6, 6.07) is 3.78. The first-order valence-corrected chi connectivity index (χ1v) is 8.03. The molecule has 0 bridgehead atoms. The quantitative estimate of drug-likeness (QED) is 0.796. The predicted molar refractivity (Wildman–Crippen MR) is 88.8 cm³/mol. The molecule has 0 fully saturated rings. The highest BCUT2D eigenvalue weighted by Crippen LogP contribution is 2.15. The van der Waals surface area contributed by atoms with Crippen LogP contribution in [0.15, 0.2) is 12.1 Å². The topological polar surface area (TPSA) is 45.2 Å². The van der Waals surface area contributed by atoms with Gasteiger partial charge >= 0.3 is 0 Å². The number of rotatable bonds is 8. The Balaban J connectivity index is 3.00. The van der Waals surface area contributed by atoms with E-state index in [1.807, 2.05) is 31.0 Å². The van der Waals surface area contributed by atoms with E-state index in [4.69, 9.17) is 0 Å². The van der Waals surface area contributed by atoms with Crippen LogP contribution in [-0.4, -0.2) is 35.9 Å². The van der Waals surface area contributed by atoms with Crippen molar-refractivity contribution in [2.45, 2.75) is 47.0 Å². The summed E-state index contributed by atoms with van der Waals surface area (Å²) in [4.78, 5) is 19.2. The Hall–Kier alpha value is -1.58. The zero-order valence-electron chi connectivity index (χ0n) is 14.1.